The molecule has 0 radical (unpaired) electrons. The predicted octanol–water partition coefficient (Wildman–Crippen LogP) is 3.94. The van der Waals surface area contributed by atoms with Crippen LogP contribution in [-0.4, -0.2) is 48.3 Å². The van der Waals surface area contributed by atoms with E-state index >= 15 is 0 Å². The van der Waals surface area contributed by atoms with E-state index in [9.17, 15) is 9.59 Å². The Labute approximate surface area is 214 Å². The van der Waals surface area contributed by atoms with Crippen molar-refractivity contribution in [2.75, 3.05) is 21.3 Å². The summed E-state index contributed by atoms with van der Waals surface area (Å²) in [5.41, 5.74) is 3.46. The second-order valence-corrected chi connectivity index (χ2v) is 8.90. The van der Waals surface area contributed by atoms with Crippen molar-refractivity contribution >= 4 is 28.8 Å². The van der Waals surface area contributed by atoms with Gasteiger partial charge in [-0.25, -0.2) is 9.79 Å². The lowest BCUT2D eigenvalue weighted by Gasteiger charge is -2.36. The number of amidine groups is 1. The Bertz CT molecular complexity index is 1220. The molecule has 0 saturated carbocycles. The van der Waals surface area contributed by atoms with E-state index in [2.05, 4.69) is 10.3 Å². The molecule has 4 rings (SSSR count). The number of carbonyl (C=O) groups is 2. The molecular formula is C26H28N4O5S. The molecular weight excluding hydrogens is 480 g/mol. The number of thioether (sulfide) groups is 1. The van der Waals surface area contributed by atoms with Crippen molar-refractivity contribution in [3.8, 4) is 11.5 Å². The fraction of sp³-hybridized carbons (Fsp3) is 0.308. The SMILES string of the molecule is CCC1=C(C(=O)OC)[C@@H](c2cc(OC)cc(OC)c2)N2C(CC(=O)NCc3cccnc3)=CSC2=N1. The Morgan fingerprint density at radius 3 is 2.50 bits per heavy atom. The van der Waals surface area contributed by atoms with Gasteiger partial charge in [0.25, 0.3) is 0 Å². The summed E-state index contributed by atoms with van der Waals surface area (Å²) in [5, 5.41) is 5.54. The van der Waals surface area contributed by atoms with Gasteiger partial charge in [0.15, 0.2) is 5.17 Å². The molecule has 3 heterocycles. The van der Waals surface area contributed by atoms with E-state index in [-0.39, 0.29) is 12.3 Å². The topological polar surface area (TPSA) is 102 Å². The summed E-state index contributed by atoms with van der Waals surface area (Å²) in [6.45, 7) is 2.32. The monoisotopic (exact) mass is 508 g/mol. The van der Waals surface area contributed by atoms with Gasteiger partial charge >= 0.3 is 5.97 Å². The molecule has 0 aliphatic carbocycles. The molecule has 36 heavy (non-hydrogen) atoms. The van der Waals surface area contributed by atoms with Crippen LogP contribution in [0.4, 0.5) is 0 Å². The van der Waals surface area contributed by atoms with Crippen molar-refractivity contribution in [2.45, 2.75) is 32.4 Å². The molecule has 0 bridgehead atoms. The average Bonchev–Trinajstić information content (AvgIpc) is 3.32. The number of allylic oxidation sites excluding steroid dienone is 1. The Balaban J connectivity index is 1.69. The molecule has 1 amide bonds. The van der Waals surface area contributed by atoms with Crippen molar-refractivity contribution < 1.29 is 23.8 Å². The molecule has 1 aromatic carbocycles. The molecule has 2 aliphatic rings. The zero-order valence-electron chi connectivity index (χ0n) is 20.6. The average molecular weight is 509 g/mol. The number of fused-ring (bicyclic) bond motifs is 1. The maximum atomic E-state index is 13.1. The first kappa shape index (κ1) is 25.3. The lowest BCUT2D eigenvalue weighted by molar-refractivity contribution is -0.136. The van der Waals surface area contributed by atoms with Gasteiger partial charge in [-0.1, -0.05) is 24.8 Å². The maximum Gasteiger partial charge on any atom is 0.338 e. The molecule has 9 nitrogen and oxygen atoms in total. The van der Waals surface area contributed by atoms with Gasteiger partial charge in [-0.15, -0.1) is 0 Å². The molecule has 0 unspecified atom stereocenters. The third-order valence-corrected chi connectivity index (χ3v) is 6.76. The highest BCUT2D eigenvalue weighted by atomic mass is 32.2. The summed E-state index contributed by atoms with van der Waals surface area (Å²) in [6, 6.07) is 8.64. The number of amides is 1. The largest absolute Gasteiger partial charge is 0.497 e. The molecule has 1 atom stereocenters. The Morgan fingerprint density at radius 1 is 1.14 bits per heavy atom. The molecule has 10 heteroatoms. The highest BCUT2D eigenvalue weighted by molar-refractivity contribution is 8.16. The molecule has 1 N–H and O–H groups in total. The van der Waals surface area contributed by atoms with Crippen molar-refractivity contribution in [3.63, 3.8) is 0 Å². The van der Waals surface area contributed by atoms with Gasteiger partial charge in [-0.3, -0.25) is 9.78 Å². The second-order valence-electron chi connectivity index (χ2n) is 8.06. The van der Waals surface area contributed by atoms with Crippen molar-refractivity contribution in [3.05, 3.63) is 76.2 Å². The third kappa shape index (κ3) is 5.23. The molecule has 1 aromatic heterocycles. The van der Waals surface area contributed by atoms with Gasteiger partial charge in [0.2, 0.25) is 5.91 Å². The van der Waals surface area contributed by atoms with Crippen molar-refractivity contribution in [1.82, 2.24) is 15.2 Å². The van der Waals surface area contributed by atoms with E-state index in [4.69, 9.17) is 19.2 Å². The number of aliphatic imine (C=N–C) groups is 1. The Kier molecular flexibility index (Phi) is 7.94. The number of aromatic nitrogens is 1. The summed E-state index contributed by atoms with van der Waals surface area (Å²) in [6.07, 6.45) is 4.06. The fourth-order valence-corrected chi connectivity index (χ4v) is 5.08. The van der Waals surface area contributed by atoms with Crippen LogP contribution in [0.2, 0.25) is 0 Å². The molecule has 188 valence electrons. The minimum atomic E-state index is -0.573. The van der Waals surface area contributed by atoms with Gasteiger partial charge in [0, 0.05) is 30.7 Å². The zero-order chi connectivity index (χ0) is 25.7. The number of pyridine rings is 1. The summed E-state index contributed by atoms with van der Waals surface area (Å²) < 4.78 is 16.2. The van der Waals surface area contributed by atoms with Gasteiger partial charge in [0.1, 0.15) is 11.5 Å². The Hall–Kier alpha value is -3.79. The first-order valence-corrected chi connectivity index (χ1v) is 12.3. The number of nitrogens with one attached hydrogen (secondary N) is 1. The van der Waals surface area contributed by atoms with Crippen LogP contribution in [0.3, 0.4) is 0 Å². The number of carbonyl (C=O) groups excluding carboxylic acids is 2. The van der Waals surface area contributed by atoms with Crippen molar-refractivity contribution in [1.29, 1.82) is 0 Å². The lowest BCUT2D eigenvalue weighted by atomic mass is 9.92. The fourth-order valence-electron chi connectivity index (χ4n) is 4.15. The van der Waals surface area contributed by atoms with E-state index in [1.807, 2.05) is 41.5 Å². The Morgan fingerprint density at radius 2 is 1.89 bits per heavy atom. The molecule has 0 fully saturated rings. The van der Waals surface area contributed by atoms with Crippen LogP contribution < -0.4 is 14.8 Å². The van der Waals surface area contributed by atoms with Gasteiger partial charge in [-0.05, 0) is 41.2 Å². The van der Waals surface area contributed by atoms with Crippen molar-refractivity contribution in [2.24, 2.45) is 4.99 Å². The molecule has 2 aliphatic heterocycles. The van der Waals surface area contributed by atoms with E-state index in [0.29, 0.717) is 40.9 Å². The lowest BCUT2D eigenvalue weighted by Crippen LogP contribution is -2.38. The third-order valence-electron chi connectivity index (χ3n) is 5.87. The first-order valence-electron chi connectivity index (χ1n) is 11.4. The molecule has 0 saturated heterocycles. The van der Waals surface area contributed by atoms with Gasteiger partial charge in [0.05, 0.1) is 45.1 Å². The summed E-state index contributed by atoms with van der Waals surface area (Å²) in [4.78, 5) is 36.7. The second kappa shape index (κ2) is 11.3. The number of esters is 1. The van der Waals surface area contributed by atoms with Gasteiger partial charge < -0.3 is 24.4 Å². The number of rotatable bonds is 9. The first-order chi connectivity index (χ1) is 17.5. The van der Waals surface area contributed by atoms with Crippen LogP contribution in [0.25, 0.3) is 0 Å². The number of ether oxygens (including phenoxy) is 3. The predicted molar refractivity (Wildman–Crippen MR) is 137 cm³/mol. The zero-order valence-corrected chi connectivity index (χ0v) is 21.4. The van der Waals surface area contributed by atoms with Crippen LogP contribution in [0.5, 0.6) is 11.5 Å². The van der Waals surface area contributed by atoms with Crippen LogP contribution in [0.1, 0.15) is 36.9 Å². The minimum absolute atomic E-state index is 0.111. The summed E-state index contributed by atoms with van der Waals surface area (Å²) >= 11 is 1.42. The highest BCUT2D eigenvalue weighted by Gasteiger charge is 2.41. The molecule has 2 aromatic rings. The van der Waals surface area contributed by atoms with E-state index < -0.39 is 12.0 Å². The van der Waals surface area contributed by atoms with Crippen LogP contribution >= 0.6 is 11.8 Å². The normalized spacial score (nSPS) is 16.7. The summed E-state index contributed by atoms with van der Waals surface area (Å²) in [5.74, 6) is 0.544. The standard InChI is InChI=1S/C26H28N4O5S/c1-5-21-23(25(32)35-4)24(17-9-19(33-2)12-20(10-17)34-3)30-18(15-36-26(30)29-21)11-22(31)28-14-16-7-6-8-27-13-16/h6-10,12-13,15,24H,5,11,14H2,1-4H3,(H,28,31)/t24-/m1/s1. The highest BCUT2D eigenvalue weighted by Crippen LogP contribution is 2.46. The van der Waals surface area contributed by atoms with E-state index in [1.165, 1.54) is 18.9 Å². The number of nitrogens with zero attached hydrogens (tertiary/aromatic N) is 3. The number of methoxy groups -OCH3 is 3. The number of hydrogen-bond acceptors (Lipinski definition) is 9. The van der Waals surface area contributed by atoms with E-state index in [1.54, 1.807) is 32.7 Å². The minimum Gasteiger partial charge on any atom is -0.497 e. The van der Waals surface area contributed by atoms with Crippen LogP contribution in [0, 0.1) is 0 Å². The summed E-state index contributed by atoms with van der Waals surface area (Å²) in [7, 11) is 4.50. The maximum absolute atomic E-state index is 13.1. The number of benzene rings is 1. The van der Waals surface area contributed by atoms with E-state index in [0.717, 1.165) is 16.8 Å². The smallest absolute Gasteiger partial charge is 0.338 e. The van der Waals surface area contributed by atoms with Crippen LogP contribution in [0.15, 0.2) is 70.1 Å². The quantitative estimate of drug-likeness (QED) is 0.508. The van der Waals surface area contributed by atoms with Crippen LogP contribution in [-0.2, 0) is 20.9 Å². The van der Waals surface area contributed by atoms with Gasteiger partial charge in [-0.2, -0.15) is 0 Å². The number of hydrogen-bond donors (Lipinski definition) is 1. The molecule has 0 spiro atoms.